The summed E-state index contributed by atoms with van der Waals surface area (Å²) in [5, 5.41) is 9.61. The van der Waals surface area contributed by atoms with Crippen LogP contribution in [-0.4, -0.2) is 36.2 Å². The molecular weight excluding hydrogens is 250 g/mol. The number of benzene rings is 1. The Morgan fingerprint density at radius 2 is 2.05 bits per heavy atom. The summed E-state index contributed by atoms with van der Waals surface area (Å²) in [6.07, 6.45) is 4.85. The number of nitrogens with zero attached hydrogens (tertiary/aromatic N) is 1. The van der Waals surface area contributed by atoms with Gasteiger partial charge in [-0.05, 0) is 69.3 Å². The molecule has 1 aromatic carbocycles. The molecule has 0 aliphatic carbocycles. The number of likely N-dealkylation sites (tertiary alicyclic amines) is 1. The van der Waals surface area contributed by atoms with Crippen molar-refractivity contribution in [1.82, 2.24) is 4.90 Å². The molecule has 0 radical (unpaired) electrons. The van der Waals surface area contributed by atoms with Gasteiger partial charge in [-0.2, -0.15) is 0 Å². The van der Waals surface area contributed by atoms with E-state index in [0.29, 0.717) is 11.8 Å². The van der Waals surface area contributed by atoms with Gasteiger partial charge in [-0.1, -0.05) is 13.0 Å². The average molecular weight is 277 g/mol. The van der Waals surface area contributed by atoms with Gasteiger partial charge in [0.1, 0.15) is 0 Å². The zero-order valence-electron chi connectivity index (χ0n) is 12.9. The molecule has 1 N–H and O–H groups in total. The maximum absolute atomic E-state index is 9.61. The summed E-state index contributed by atoms with van der Waals surface area (Å²) >= 11 is 0. The van der Waals surface area contributed by atoms with E-state index >= 15 is 0 Å². The van der Waals surface area contributed by atoms with Gasteiger partial charge in [0.15, 0.2) is 11.5 Å². The smallest absolute Gasteiger partial charge is 0.160 e. The second kappa shape index (κ2) is 6.98. The molecule has 1 atom stereocenters. The first-order valence-corrected chi connectivity index (χ1v) is 7.70. The number of methoxy groups -OCH3 is 1. The molecule has 112 valence electrons. The molecular formula is C17H27NO2. The molecule has 0 saturated carbocycles. The number of phenols is 1. The van der Waals surface area contributed by atoms with Gasteiger partial charge in [-0.3, -0.25) is 0 Å². The van der Waals surface area contributed by atoms with Crippen LogP contribution in [0.4, 0.5) is 0 Å². The van der Waals surface area contributed by atoms with Gasteiger partial charge in [0.2, 0.25) is 0 Å². The van der Waals surface area contributed by atoms with Gasteiger partial charge >= 0.3 is 0 Å². The van der Waals surface area contributed by atoms with E-state index in [4.69, 9.17) is 4.74 Å². The first-order valence-electron chi connectivity index (χ1n) is 7.70. The van der Waals surface area contributed by atoms with E-state index in [-0.39, 0.29) is 5.75 Å². The predicted octanol–water partition coefficient (Wildman–Crippen LogP) is 3.45. The fourth-order valence-corrected chi connectivity index (χ4v) is 2.91. The molecule has 1 aliphatic heterocycles. The van der Waals surface area contributed by atoms with Crippen molar-refractivity contribution in [2.24, 2.45) is 5.92 Å². The fraction of sp³-hybridized carbons (Fsp3) is 0.647. The number of rotatable bonds is 5. The third kappa shape index (κ3) is 3.89. The molecule has 1 unspecified atom stereocenters. The lowest BCUT2D eigenvalue weighted by molar-refractivity contribution is 0.141. The summed E-state index contributed by atoms with van der Waals surface area (Å²) in [7, 11) is 1.59. The van der Waals surface area contributed by atoms with Crippen LogP contribution in [0.15, 0.2) is 18.2 Å². The average Bonchev–Trinajstić information content (AvgIpc) is 2.46. The Bertz CT molecular complexity index is 425. The number of phenolic OH excluding ortho intramolecular Hbond substituents is 1. The Balaban J connectivity index is 1.85. The summed E-state index contributed by atoms with van der Waals surface area (Å²) in [6, 6.07) is 6.28. The third-order valence-corrected chi connectivity index (χ3v) is 4.54. The van der Waals surface area contributed by atoms with E-state index in [1.165, 1.54) is 31.5 Å². The molecule has 0 bridgehead atoms. The molecule has 0 spiro atoms. The van der Waals surface area contributed by atoms with E-state index < -0.39 is 0 Å². The lowest BCUT2D eigenvalue weighted by Gasteiger charge is -2.35. The van der Waals surface area contributed by atoms with E-state index in [1.807, 2.05) is 12.1 Å². The maximum Gasteiger partial charge on any atom is 0.160 e. The van der Waals surface area contributed by atoms with Crippen molar-refractivity contribution in [2.75, 3.05) is 20.2 Å². The summed E-state index contributed by atoms with van der Waals surface area (Å²) < 4.78 is 5.16. The van der Waals surface area contributed by atoms with Crippen molar-refractivity contribution >= 4 is 0 Å². The second-order valence-electron chi connectivity index (χ2n) is 6.11. The largest absolute Gasteiger partial charge is 0.504 e. The van der Waals surface area contributed by atoms with Crippen molar-refractivity contribution in [1.29, 1.82) is 0 Å². The van der Waals surface area contributed by atoms with E-state index in [9.17, 15) is 5.11 Å². The molecule has 1 heterocycles. The predicted molar refractivity (Wildman–Crippen MR) is 82.4 cm³/mol. The highest BCUT2D eigenvalue weighted by atomic mass is 16.5. The molecule has 1 fully saturated rings. The molecule has 2 rings (SSSR count). The van der Waals surface area contributed by atoms with Crippen LogP contribution >= 0.6 is 0 Å². The number of aryl methyl sites for hydroxylation is 1. The maximum atomic E-state index is 9.61. The van der Waals surface area contributed by atoms with Crippen molar-refractivity contribution in [3.8, 4) is 11.5 Å². The summed E-state index contributed by atoms with van der Waals surface area (Å²) in [5.41, 5.74) is 1.23. The van der Waals surface area contributed by atoms with Crippen LogP contribution in [-0.2, 0) is 6.42 Å². The quantitative estimate of drug-likeness (QED) is 0.894. The molecule has 3 heteroatoms. The van der Waals surface area contributed by atoms with Gasteiger partial charge in [-0.25, -0.2) is 0 Å². The Labute approximate surface area is 122 Å². The summed E-state index contributed by atoms with van der Waals surface area (Å²) in [6.45, 7) is 7.15. The van der Waals surface area contributed by atoms with Crippen molar-refractivity contribution in [3.05, 3.63) is 23.8 Å². The zero-order chi connectivity index (χ0) is 14.5. The Hall–Kier alpha value is -1.22. The molecule has 0 amide bonds. The van der Waals surface area contributed by atoms with Crippen LogP contribution < -0.4 is 4.74 Å². The van der Waals surface area contributed by atoms with Crippen molar-refractivity contribution < 1.29 is 9.84 Å². The highest BCUT2D eigenvalue weighted by molar-refractivity contribution is 5.41. The van der Waals surface area contributed by atoms with E-state index in [2.05, 4.69) is 18.7 Å². The van der Waals surface area contributed by atoms with Crippen LogP contribution in [0, 0.1) is 5.92 Å². The Morgan fingerprint density at radius 1 is 1.35 bits per heavy atom. The number of aromatic hydroxyl groups is 1. The van der Waals surface area contributed by atoms with Gasteiger partial charge in [0.25, 0.3) is 0 Å². The highest BCUT2D eigenvalue weighted by Gasteiger charge is 2.20. The minimum atomic E-state index is 0.217. The van der Waals surface area contributed by atoms with Gasteiger partial charge in [0, 0.05) is 6.04 Å². The summed E-state index contributed by atoms with van der Waals surface area (Å²) in [5.74, 6) is 1.68. The fourth-order valence-electron chi connectivity index (χ4n) is 2.91. The first kappa shape index (κ1) is 15.2. The molecule has 0 aromatic heterocycles. The number of hydrogen-bond acceptors (Lipinski definition) is 3. The van der Waals surface area contributed by atoms with Crippen molar-refractivity contribution in [3.63, 3.8) is 0 Å². The molecule has 1 aromatic rings. The van der Waals surface area contributed by atoms with Crippen molar-refractivity contribution in [2.45, 2.75) is 45.6 Å². The number of hydrogen-bond donors (Lipinski definition) is 1. The number of piperidine rings is 1. The molecule has 1 aliphatic rings. The van der Waals surface area contributed by atoms with Gasteiger partial charge in [-0.15, -0.1) is 0 Å². The van der Waals surface area contributed by atoms with Crippen LogP contribution in [0.5, 0.6) is 11.5 Å². The topological polar surface area (TPSA) is 32.7 Å². The van der Waals surface area contributed by atoms with Crippen LogP contribution in [0.1, 0.15) is 38.7 Å². The zero-order valence-corrected chi connectivity index (χ0v) is 12.9. The molecule has 20 heavy (non-hydrogen) atoms. The van der Waals surface area contributed by atoms with E-state index in [1.54, 1.807) is 13.2 Å². The lowest BCUT2D eigenvalue weighted by atomic mass is 9.96. The van der Waals surface area contributed by atoms with E-state index in [0.717, 1.165) is 18.8 Å². The first-order chi connectivity index (χ1) is 9.60. The van der Waals surface area contributed by atoms with Crippen LogP contribution in [0.25, 0.3) is 0 Å². The normalized spacial score (nSPS) is 18.9. The minimum absolute atomic E-state index is 0.217. The third-order valence-electron chi connectivity index (χ3n) is 4.54. The second-order valence-corrected chi connectivity index (χ2v) is 6.11. The highest BCUT2D eigenvalue weighted by Crippen LogP contribution is 2.27. The summed E-state index contributed by atoms with van der Waals surface area (Å²) in [4.78, 5) is 2.61. The lowest BCUT2D eigenvalue weighted by Crippen LogP contribution is -2.39. The monoisotopic (exact) mass is 277 g/mol. The van der Waals surface area contributed by atoms with Crippen LogP contribution in [0.3, 0.4) is 0 Å². The Morgan fingerprint density at radius 3 is 2.70 bits per heavy atom. The van der Waals surface area contributed by atoms with Gasteiger partial charge < -0.3 is 14.7 Å². The standard InChI is InChI=1S/C17H27NO2/c1-13-8-10-18(11-9-13)14(2)4-5-15-6-7-16(19)17(12-15)20-3/h6-7,12-14,19H,4-5,8-11H2,1-3H3. The molecule has 3 nitrogen and oxygen atoms in total. The molecule has 1 saturated heterocycles. The van der Waals surface area contributed by atoms with Gasteiger partial charge in [0.05, 0.1) is 7.11 Å². The van der Waals surface area contributed by atoms with Crippen LogP contribution in [0.2, 0.25) is 0 Å². The SMILES string of the molecule is COc1cc(CCC(C)N2CCC(C)CC2)ccc1O. The minimum Gasteiger partial charge on any atom is -0.504 e. The number of ether oxygens (including phenoxy) is 1. The Kier molecular flexibility index (Phi) is 5.30.